The smallest absolute Gasteiger partial charge is 0.321 e. The van der Waals surface area contributed by atoms with Crippen LogP contribution in [0.1, 0.15) is 5.56 Å². The number of aromatic nitrogens is 1. The summed E-state index contributed by atoms with van der Waals surface area (Å²) in [5.41, 5.74) is 1.90. The lowest BCUT2D eigenvalue weighted by molar-refractivity contribution is -0.139. The number of carbonyl (C=O) groups is 1. The molecule has 0 radical (unpaired) electrons. The molecular formula is C15H13BrN2O4S2. The van der Waals surface area contributed by atoms with E-state index in [1.165, 1.54) is 11.3 Å². The van der Waals surface area contributed by atoms with Gasteiger partial charge in [-0.15, -0.1) is 0 Å². The summed E-state index contributed by atoms with van der Waals surface area (Å²) in [6.45, 7) is 0. The van der Waals surface area contributed by atoms with Crippen LogP contribution in [0.3, 0.4) is 0 Å². The number of hydrogen-bond donors (Lipinski definition) is 3. The van der Waals surface area contributed by atoms with E-state index in [0.717, 1.165) is 32.5 Å². The molecule has 3 rings (SSSR count). The van der Waals surface area contributed by atoms with Gasteiger partial charge in [-0.1, -0.05) is 33.9 Å². The summed E-state index contributed by atoms with van der Waals surface area (Å²) in [4.78, 5) is 19.6. The molecule has 1 aromatic carbocycles. The van der Waals surface area contributed by atoms with Crippen LogP contribution in [-0.2, 0) is 15.5 Å². The Hall–Kier alpha value is -1.52. The first-order chi connectivity index (χ1) is 11.6. The van der Waals surface area contributed by atoms with Gasteiger partial charge in [0.1, 0.15) is 18.3 Å². The number of hydrogen-bond acceptors (Lipinski definition) is 6. The third-order valence-electron chi connectivity index (χ3n) is 3.29. The minimum absolute atomic E-state index is 0.320. The maximum atomic E-state index is 11.4. The number of para-hydroxylation sites is 1. The molecule has 3 aromatic rings. The zero-order valence-electron chi connectivity index (χ0n) is 12.2. The van der Waals surface area contributed by atoms with Gasteiger partial charge in [0.15, 0.2) is 0 Å². The zero-order valence-corrected chi connectivity index (χ0v) is 15.4. The standard InChI is InChI=1S/C15H13BrN2O4S2/c16-13-5-6-14(23-13)21-22-24-18-12(15(19)20)7-9-8-17-11-4-2-1-3-10(9)11/h1-6,8,12,17-18H,7H2,(H,19,20). The molecule has 24 heavy (non-hydrogen) atoms. The summed E-state index contributed by atoms with van der Waals surface area (Å²) in [7, 11) is 0. The van der Waals surface area contributed by atoms with Crippen LogP contribution >= 0.6 is 39.5 Å². The number of fused-ring (bicyclic) bond motifs is 1. The van der Waals surface area contributed by atoms with E-state index in [2.05, 4.69) is 25.6 Å². The van der Waals surface area contributed by atoms with Gasteiger partial charge in [-0.05, 0) is 39.7 Å². The highest BCUT2D eigenvalue weighted by Crippen LogP contribution is 2.29. The lowest BCUT2D eigenvalue weighted by Crippen LogP contribution is -2.34. The highest BCUT2D eigenvalue weighted by molar-refractivity contribution is 9.11. The number of H-pyrrole nitrogens is 1. The van der Waals surface area contributed by atoms with Crippen molar-refractivity contribution >= 4 is 56.4 Å². The highest BCUT2D eigenvalue weighted by atomic mass is 79.9. The molecular weight excluding hydrogens is 416 g/mol. The van der Waals surface area contributed by atoms with Gasteiger partial charge in [0.05, 0.1) is 3.79 Å². The van der Waals surface area contributed by atoms with Gasteiger partial charge in [0.25, 0.3) is 0 Å². The molecule has 0 fully saturated rings. The average molecular weight is 429 g/mol. The van der Waals surface area contributed by atoms with E-state index in [1.54, 1.807) is 6.07 Å². The summed E-state index contributed by atoms with van der Waals surface area (Å²) in [6, 6.07) is 10.5. The van der Waals surface area contributed by atoms with Gasteiger partial charge in [0, 0.05) is 23.5 Å². The number of benzene rings is 1. The Morgan fingerprint density at radius 3 is 2.96 bits per heavy atom. The molecule has 0 amide bonds. The fraction of sp³-hybridized carbons (Fsp3) is 0.133. The van der Waals surface area contributed by atoms with Gasteiger partial charge in [0.2, 0.25) is 5.06 Å². The lowest BCUT2D eigenvalue weighted by atomic mass is 10.1. The number of halogens is 1. The van der Waals surface area contributed by atoms with Crippen molar-refractivity contribution in [3.05, 3.63) is 51.9 Å². The molecule has 2 aromatic heterocycles. The Labute approximate surface area is 154 Å². The van der Waals surface area contributed by atoms with Crippen LogP contribution in [0.25, 0.3) is 10.9 Å². The minimum atomic E-state index is -0.963. The van der Waals surface area contributed by atoms with Crippen molar-refractivity contribution < 1.29 is 19.1 Å². The van der Waals surface area contributed by atoms with E-state index in [-0.39, 0.29) is 0 Å². The van der Waals surface area contributed by atoms with Gasteiger partial charge in [-0.2, -0.15) is 0 Å². The summed E-state index contributed by atoms with van der Waals surface area (Å²) in [5, 5.41) is 11.0. The first kappa shape index (κ1) is 17.3. The molecule has 0 aliphatic carbocycles. The number of carboxylic acids is 1. The van der Waals surface area contributed by atoms with Gasteiger partial charge in [-0.25, -0.2) is 4.72 Å². The Balaban J connectivity index is 1.56. The molecule has 2 heterocycles. The Bertz CT molecular complexity index is 836. The molecule has 1 atom stereocenters. The minimum Gasteiger partial charge on any atom is -0.480 e. The molecule has 6 nitrogen and oxygen atoms in total. The molecule has 0 bridgehead atoms. The van der Waals surface area contributed by atoms with E-state index in [9.17, 15) is 9.90 Å². The van der Waals surface area contributed by atoms with Gasteiger partial charge < -0.3 is 15.0 Å². The van der Waals surface area contributed by atoms with Crippen molar-refractivity contribution in [1.29, 1.82) is 0 Å². The Morgan fingerprint density at radius 1 is 1.38 bits per heavy atom. The van der Waals surface area contributed by atoms with E-state index >= 15 is 0 Å². The highest BCUT2D eigenvalue weighted by Gasteiger charge is 2.20. The number of aliphatic carboxylic acids is 1. The third kappa shape index (κ3) is 4.31. The van der Waals surface area contributed by atoms with Gasteiger partial charge in [-0.3, -0.25) is 4.79 Å². The van der Waals surface area contributed by atoms with Crippen LogP contribution in [0.2, 0.25) is 0 Å². The van der Waals surface area contributed by atoms with Crippen LogP contribution in [0, 0.1) is 0 Å². The zero-order chi connectivity index (χ0) is 16.9. The third-order valence-corrected chi connectivity index (χ3v) is 5.29. The quantitative estimate of drug-likeness (QED) is 0.164. The van der Waals surface area contributed by atoms with Gasteiger partial charge >= 0.3 is 5.97 Å². The summed E-state index contributed by atoms with van der Waals surface area (Å²) >= 11 is 5.43. The molecule has 3 N–H and O–H groups in total. The first-order valence-corrected chi connectivity index (χ1v) is 9.27. The molecule has 1 unspecified atom stereocenters. The van der Waals surface area contributed by atoms with Crippen LogP contribution in [0.5, 0.6) is 5.06 Å². The molecule has 0 saturated heterocycles. The number of aromatic amines is 1. The van der Waals surface area contributed by atoms with Crippen LogP contribution in [0.15, 0.2) is 46.4 Å². The summed E-state index contributed by atoms with van der Waals surface area (Å²) in [5.74, 6) is -0.963. The first-order valence-electron chi connectivity index (χ1n) is 6.92. The van der Waals surface area contributed by atoms with Crippen molar-refractivity contribution in [3.63, 3.8) is 0 Å². The maximum absolute atomic E-state index is 11.4. The van der Waals surface area contributed by atoms with E-state index < -0.39 is 12.0 Å². The normalized spacial score (nSPS) is 12.4. The van der Waals surface area contributed by atoms with Crippen LogP contribution in [0.4, 0.5) is 0 Å². The van der Waals surface area contributed by atoms with E-state index in [4.69, 9.17) is 9.22 Å². The molecule has 0 spiro atoms. The number of carboxylic acid groups (broad SMARTS) is 1. The second-order valence-electron chi connectivity index (χ2n) is 4.87. The van der Waals surface area contributed by atoms with Crippen LogP contribution < -0.4 is 9.61 Å². The summed E-state index contributed by atoms with van der Waals surface area (Å²) in [6.07, 6.45) is 2.15. The largest absolute Gasteiger partial charge is 0.480 e. The van der Waals surface area contributed by atoms with Crippen molar-refractivity contribution in [1.82, 2.24) is 9.71 Å². The predicted octanol–water partition coefficient (Wildman–Crippen LogP) is 4.15. The maximum Gasteiger partial charge on any atom is 0.321 e. The van der Waals surface area contributed by atoms with E-state index in [0.29, 0.717) is 11.5 Å². The van der Waals surface area contributed by atoms with Crippen molar-refractivity contribution in [2.24, 2.45) is 0 Å². The SMILES string of the molecule is O=C(O)C(Cc1c[nH]c2ccccc12)NSOOc1ccc(Br)s1. The lowest BCUT2D eigenvalue weighted by Gasteiger charge is -2.12. The Morgan fingerprint density at radius 2 is 2.21 bits per heavy atom. The van der Waals surface area contributed by atoms with Crippen molar-refractivity contribution in [3.8, 4) is 5.06 Å². The number of nitrogens with one attached hydrogen (secondary N) is 2. The Kier molecular flexibility index (Phi) is 5.80. The van der Waals surface area contributed by atoms with Crippen molar-refractivity contribution in [2.75, 3.05) is 0 Å². The fourth-order valence-electron chi connectivity index (χ4n) is 2.17. The number of rotatable bonds is 8. The number of thiophene rings is 1. The summed E-state index contributed by atoms with van der Waals surface area (Å²) < 4.78 is 8.61. The molecule has 0 aliphatic rings. The molecule has 0 aliphatic heterocycles. The molecule has 9 heteroatoms. The van der Waals surface area contributed by atoms with Crippen LogP contribution in [-0.4, -0.2) is 22.1 Å². The van der Waals surface area contributed by atoms with Crippen molar-refractivity contribution in [2.45, 2.75) is 12.5 Å². The predicted molar refractivity (Wildman–Crippen MR) is 97.9 cm³/mol. The topological polar surface area (TPSA) is 83.6 Å². The second kappa shape index (κ2) is 8.04. The van der Waals surface area contributed by atoms with E-state index in [1.807, 2.05) is 36.5 Å². The molecule has 126 valence electrons. The fourth-order valence-corrected chi connectivity index (χ4v) is 3.80. The monoisotopic (exact) mass is 428 g/mol. The molecule has 0 saturated carbocycles. The average Bonchev–Trinajstić information content (AvgIpc) is 3.16. The second-order valence-corrected chi connectivity index (χ2v) is 7.83.